The molecule has 0 aliphatic carbocycles. The van der Waals surface area contributed by atoms with Gasteiger partial charge in [0.1, 0.15) is 0 Å². The lowest BCUT2D eigenvalue weighted by molar-refractivity contribution is -0.123. The molecule has 0 unspecified atom stereocenters. The summed E-state index contributed by atoms with van der Waals surface area (Å²) < 4.78 is 36.6. The summed E-state index contributed by atoms with van der Waals surface area (Å²) in [6, 6.07) is 7.14. The molecule has 0 spiro atoms. The smallest absolute Gasteiger partial charge is 0.257 e. The van der Waals surface area contributed by atoms with Crippen LogP contribution in [0.4, 0.5) is 0 Å². The van der Waals surface area contributed by atoms with E-state index >= 15 is 0 Å². The number of rotatable bonds is 9. The van der Waals surface area contributed by atoms with Gasteiger partial charge in [-0.25, -0.2) is 12.7 Å². The van der Waals surface area contributed by atoms with Gasteiger partial charge in [-0.1, -0.05) is 19.1 Å². The Morgan fingerprint density at radius 1 is 1.31 bits per heavy atom. The molecular formula is C18H28N2O5S. The fourth-order valence-electron chi connectivity index (χ4n) is 3.02. The maximum Gasteiger partial charge on any atom is 0.257 e. The van der Waals surface area contributed by atoms with Crippen molar-refractivity contribution in [1.82, 2.24) is 9.62 Å². The van der Waals surface area contributed by atoms with Gasteiger partial charge in [0.2, 0.25) is 10.0 Å². The van der Waals surface area contributed by atoms with Gasteiger partial charge in [0.05, 0.1) is 12.9 Å². The van der Waals surface area contributed by atoms with Gasteiger partial charge in [-0.05, 0) is 37.3 Å². The van der Waals surface area contributed by atoms with Gasteiger partial charge in [0.15, 0.2) is 18.1 Å². The molecule has 146 valence electrons. The zero-order chi connectivity index (χ0) is 19.0. The molecule has 26 heavy (non-hydrogen) atoms. The van der Waals surface area contributed by atoms with Crippen molar-refractivity contribution in [1.29, 1.82) is 0 Å². The normalized spacial score (nSPS) is 18.3. The molecule has 0 radical (unpaired) electrons. The largest absolute Gasteiger partial charge is 0.493 e. The number of ether oxygens (including phenoxy) is 2. The zero-order valence-corrected chi connectivity index (χ0v) is 16.3. The van der Waals surface area contributed by atoms with E-state index in [1.165, 1.54) is 0 Å². The molecule has 1 heterocycles. The summed E-state index contributed by atoms with van der Waals surface area (Å²) in [6.07, 6.45) is 2.34. The van der Waals surface area contributed by atoms with Gasteiger partial charge < -0.3 is 14.8 Å². The van der Waals surface area contributed by atoms with Crippen LogP contribution >= 0.6 is 0 Å². The number of nitrogens with zero attached hydrogens (tertiary/aromatic N) is 1. The fraction of sp³-hybridized carbons (Fsp3) is 0.611. The van der Waals surface area contributed by atoms with Gasteiger partial charge in [0, 0.05) is 19.6 Å². The Hall–Kier alpha value is -1.80. The summed E-state index contributed by atoms with van der Waals surface area (Å²) in [6.45, 7) is 3.25. The molecule has 1 aromatic rings. The van der Waals surface area contributed by atoms with Gasteiger partial charge in [-0.3, -0.25) is 4.79 Å². The zero-order valence-electron chi connectivity index (χ0n) is 15.4. The molecule has 1 atom stereocenters. The van der Waals surface area contributed by atoms with Crippen molar-refractivity contribution < 1.29 is 22.7 Å². The van der Waals surface area contributed by atoms with Gasteiger partial charge >= 0.3 is 0 Å². The van der Waals surface area contributed by atoms with E-state index in [0.29, 0.717) is 37.6 Å². The predicted molar refractivity (Wildman–Crippen MR) is 99.9 cm³/mol. The Morgan fingerprint density at radius 3 is 2.73 bits per heavy atom. The molecule has 1 amide bonds. The molecule has 1 aromatic carbocycles. The summed E-state index contributed by atoms with van der Waals surface area (Å²) in [5, 5.41) is 2.84. The second-order valence-corrected chi connectivity index (χ2v) is 8.51. The molecular weight excluding hydrogens is 356 g/mol. The first-order chi connectivity index (χ1) is 12.5. The van der Waals surface area contributed by atoms with E-state index in [4.69, 9.17) is 9.47 Å². The maximum absolute atomic E-state index is 12.2. The topological polar surface area (TPSA) is 84.9 Å². The third kappa shape index (κ3) is 5.88. The van der Waals surface area contributed by atoms with Crippen LogP contribution in [0.25, 0.3) is 0 Å². The molecule has 0 saturated carbocycles. The second kappa shape index (κ2) is 9.78. The van der Waals surface area contributed by atoms with Crippen LogP contribution in [-0.4, -0.2) is 57.7 Å². The molecule has 2 rings (SSSR count). The van der Waals surface area contributed by atoms with E-state index in [1.807, 2.05) is 19.1 Å². The first-order valence-electron chi connectivity index (χ1n) is 8.96. The highest BCUT2D eigenvalue weighted by Gasteiger charge is 2.28. The number of hydrogen-bond acceptors (Lipinski definition) is 5. The van der Waals surface area contributed by atoms with Crippen molar-refractivity contribution >= 4 is 15.9 Å². The van der Waals surface area contributed by atoms with Crippen LogP contribution in [0.2, 0.25) is 0 Å². The molecule has 1 aliphatic heterocycles. The highest BCUT2D eigenvalue weighted by Crippen LogP contribution is 2.25. The average Bonchev–Trinajstić information content (AvgIpc) is 2.65. The first kappa shape index (κ1) is 20.5. The van der Waals surface area contributed by atoms with Crippen LogP contribution in [0, 0.1) is 5.92 Å². The van der Waals surface area contributed by atoms with Crippen LogP contribution in [-0.2, 0) is 14.8 Å². The van der Waals surface area contributed by atoms with E-state index in [-0.39, 0.29) is 24.2 Å². The van der Waals surface area contributed by atoms with Crippen molar-refractivity contribution in [2.24, 2.45) is 5.92 Å². The number of nitrogens with one attached hydrogen (secondary N) is 1. The number of methoxy groups -OCH3 is 1. The maximum atomic E-state index is 12.2. The predicted octanol–water partition coefficient (Wildman–Crippen LogP) is 1.64. The van der Waals surface area contributed by atoms with Crippen molar-refractivity contribution in [3.05, 3.63) is 24.3 Å². The van der Waals surface area contributed by atoms with Gasteiger partial charge in [-0.15, -0.1) is 0 Å². The number of carbonyl (C=O) groups excluding carboxylic acids is 1. The SMILES string of the molecule is CCCS(=O)(=O)N1CCC[C@H](CNC(=O)COc2ccccc2OC)C1. The van der Waals surface area contributed by atoms with Crippen LogP contribution in [0.3, 0.4) is 0 Å². The quantitative estimate of drug-likeness (QED) is 0.700. The molecule has 7 nitrogen and oxygen atoms in total. The van der Waals surface area contributed by atoms with Gasteiger partial charge in [-0.2, -0.15) is 0 Å². The Bertz CT molecular complexity index is 693. The minimum Gasteiger partial charge on any atom is -0.493 e. The van der Waals surface area contributed by atoms with Crippen molar-refractivity contribution in [2.75, 3.05) is 39.1 Å². The lowest BCUT2D eigenvalue weighted by Crippen LogP contribution is -2.44. The molecule has 1 N–H and O–H groups in total. The number of carbonyl (C=O) groups is 1. The van der Waals surface area contributed by atoms with E-state index in [2.05, 4.69) is 5.32 Å². The number of piperidine rings is 1. The van der Waals surface area contributed by atoms with E-state index in [1.54, 1.807) is 23.5 Å². The fourth-order valence-corrected chi connectivity index (χ4v) is 4.64. The molecule has 1 saturated heterocycles. The lowest BCUT2D eigenvalue weighted by Gasteiger charge is -2.32. The number of para-hydroxylation sites is 2. The Kier molecular flexibility index (Phi) is 7.71. The summed E-state index contributed by atoms with van der Waals surface area (Å²) >= 11 is 0. The van der Waals surface area contributed by atoms with Crippen molar-refractivity contribution in [2.45, 2.75) is 26.2 Å². The lowest BCUT2D eigenvalue weighted by atomic mass is 10.00. The standard InChI is InChI=1S/C18H28N2O5S/c1-3-11-26(22,23)20-10-6-7-15(13-20)12-19-18(21)14-25-17-9-5-4-8-16(17)24-2/h4-5,8-9,15H,3,6-7,10-14H2,1-2H3,(H,19,21)/t15-/m1/s1. The van der Waals surface area contributed by atoms with Crippen molar-refractivity contribution in [3.63, 3.8) is 0 Å². The average molecular weight is 384 g/mol. The Labute approximate surface area is 155 Å². The number of hydrogen-bond donors (Lipinski definition) is 1. The van der Waals surface area contributed by atoms with E-state index in [0.717, 1.165) is 12.8 Å². The third-order valence-electron chi connectivity index (χ3n) is 4.35. The van der Waals surface area contributed by atoms with Crippen molar-refractivity contribution in [3.8, 4) is 11.5 Å². The summed E-state index contributed by atoms with van der Waals surface area (Å²) in [7, 11) is -1.63. The van der Waals surface area contributed by atoms with Crippen LogP contribution in [0.5, 0.6) is 11.5 Å². The van der Waals surface area contributed by atoms with Crippen LogP contribution in [0.1, 0.15) is 26.2 Å². The molecule has 1 aliphatic rings. The van der Waals surface area contributed by atoms with E-state index < -0.39 is 10.0 Å². The third-order valence-corrected chi connectivity index (χ3v) is 6.40. The number of sulfonamides is 1. The minimum absolute atomic E-state index is 0.106. The van der Waals surface area contributed by atoms with Crippen LogP contribution < -0.4 is 14.8 Å². The Morgan fingerprint density at radius 2 is 2.04 bits per heavy atom. The molecule has 0 aromatic heterocycles. The van der Waals surface area contributed by atoms with E-state index in [9.17, 15) is 13.2 Å². The summed E-state index contributed by atoms with van der Waals surface area (Å²) in [5.41, 5.74) is 0. The highest BCUT2D eigenvalue weighted by molar-refractivity contribution is 7.89. The molecule has 0 bridgehead atoms. The molecule has 8 heteroatoms. The molecule has 1 fully saturated rings. The minimum atomic E-state index is -3.18. The van der Waals surface area contributed by atoms with Gasteiger partial charge in [0.25, 0.3) is 5.91 Å². The van der Waals surface area contributed by atoms with Crippen LogP contribution in [0.15, 0.2) is 24.3 Å². The summed E-state index contributed by atoms with van der Waals surface area (Å²) in [4.78, 5) is 12.0. The monoisotopic (exact) mass is 384 g/mol. The number of amides is 1. The first-order valence-corrected chi connectivity index (χ1v) is 10.6. The number of benzene rings is 1. The highest BCUT2D eigenvalue weighted by atomic mass is 32.2. The second-order valence-electron chi connectivity index (χ2n) is 6.43. The summed E-state index contributed by atoms with van der Waals surface area (Å²) in [5.74, 6) is 1.16. The Balaban J connectivity index is 1.78.